The number of carbonyl (C=O) groups excluding carboxylic acids is 2. The standard InChI is InChI=1S/C8H17NO3Si/c1-13(2,3)7-12-8(11)4-5-9-6-10/h6H,4-5,7H2,1-3H3,(H,9,10). The molecule has 0 spiro atoms. The van der Waals surface area contributed by atoms with Crippen molar-refractivity contribution < 1.29 is 14.3 Å². The average Bonchev–Trinajstić information content (AvgIpc) is 2.00. The molecule has 0 aliphatic heterocycles. The van der Waals surface area contributed by atoms with E-state index in [4.69, 9.17) is 4.74 Å². The minimum Gasteiger partial charge on any atom is -0.469 e. The third-order valence-electron chi connectivity index (χ3n) is 1.22. The van der Waals surface area contributed by atoms with Gasteiger partial charge in [0.2, 0.25) is 6.41 Å². The molecule has 0 atom stereocenters. The van der Waals surface area contributed by atoms with Gasteiger partial charge in [0.25, 0.3) is 0 Å². The maximum absolute atomic E-state index is 11.0. The lowest BCUT2D eigenvalue weighted by molar-refractivity contribution is -0.141. The van der Waals surface area contributed by atoms with Crippen LogP contribution in [0.2, 0.25) is 19.6 Å². The van der Waals surface area contributed by atoms with Crippen LogP contribution in [0.4, 0.5) is 0 Å². The van der Waals surface area contributed by atoms with Crippen molar-refractivity contribution in [3.8, 4) is 0 Å². The predicted molar refractivity (Wildman–Crippen MR) is 53.0 cm³/mol. The largest absolute Gasteiger partial charge is 0.469 e. The number of hydrogen-bond donors (Lipinski definition) is 1. The van der Waals surface area contributed by atoms with E-state index in [1.165, 1.54) is 0 Å². The average molecular weight is 203 g/mol. The van der Waals surface area contributed by atoms with E-state index in [2.05, 4.69) is 25.0 Å². The van der Waals surface area contributed by atoms with Crippen molar-refractivity contribution in [2.45, 2.75) is 26.1 Å². The molecule has 0 aliphatic carbocycles. The highest BCUT2D eigenvalue weighted by Crippen LogP contribution is 2.01. The van der Waals surface area contributed by atoms with Gasteiger partial charge in [-0.2, -0.15) is 0 Å². The number of amides is 1. The second-order valence-corrected chi connectivity index (χ2v) is 9.45. The van der Waals surface area contributed by atoms with Crippen molar-refractivity contribution in [3.63, 3.8) is 0 Å². The van der Waals surface area contributed by atoms with E-state index in [1.807, 2.05) is 0 Å². The molecule has 4 nitrogen and oxygen atoms in total. The Bertz CT molecular complexity index is 177. The summed E-state index contributed by atoms with van der Waals surface area (Å²) in [6, 6.07) is 0. The van der Waals surface area contributed by atoms with E-state index in [9.17, 15) is 9.59 Å². The summed E-state index contributed by atoms with van der Waals surface area (Å²) in [6.07, 6.45) is 1.38. The minimum atomic E-state index is -1.30. The van der Waals surface area contributed by atoms with Crippen LogP contribution in [0, 0.1) is 0 Å². The summed E-state index contributed by atoms with van der Waals surface area (Å²) in [5.41, 5.74) is 0. The van der Waals surface area contributed by atoms with Crippen LogP contribution in [0.25, 0.3) is 0 Å². The zero-order chi connectivity index (χ0) is 10.3. The second-order valence-electron chi connectivity index (χ2n) is 4.04. The van der Waals surface area contributed by atoms with Crippen LogP contribution in [0.15, 0.2) is 0 Å². The molecular formula is C8H17NO3Si. The quantitative estimate of drug-likeness (QED) is 0.297. The minimum absolute atomic E-state index is 0.239. The van der Waals surface area contributed by atoms with Gasteiger partial charge in [0.1, 0.15) is 0 Å². The fourth-order valence-electron chi connectivity index (χ4n) is 0.602. The highest BCUT2D eigenvalue weighted by molar-refractivity contribution is 6.76. The highest BCUT2D eigenvalue weighted by Gasteiger charge is 2.15. The normalized spacial score (nSPS) is 10.7. The maximum Gasteiger partial charge on any atom is 0.307 e. The third-order valence-corrected chi connectivity index (χ3v) is 2.23. The van der Waals surface area contributed by atoms with Crippen molar-refractivity contribution in [2.75, 3.05) is 12.8 Å². The molecule has 0 rings (SSSR count). The fraction of sp³-hybridized carbons (Fsp3) is 0.750. The van der Waals surface area contributed by atoms with Gasteiger partial charge in [0, 0.05) is 6.54 Å². The molecule has 0 aliphatic rings. The first kappa shape index (κ1) is 12.2. The van der Waals surface area contributed by atoms with Crippen molar-refractivity contribution in [3.05, 3.63) is 0 Å². The lowest BCUT2D eigenvalue weighted by Crippen LogP contribution is -2.30. The van der Waals surface area contributed by atoms with Gasteiger partial charge in [-0.15, -0.1) is 0 Å². The summed E-state index contributed by atoms with van der Waals surface area (Å²) in [4.78, 5) is 20.9. The molecule has 1 N–H and O–H groups in total. The Kier molecular flexibility index (Phi) is 5.37. The van der Waals surface area contributed by atoms with Crippen LogP contribution >= 0.6 is 0 Å². The number of carbonyl (C=O) groups is 2. The second kappa shape index (κ2) is 5.74. The molecule has 1 amide bonds. The molecule has 76 valence electrons. The Labute approximate surface area is 79.7 Å². The molecule has 0 heterocycles. The third kappa shape index (κ3) is 9.07. The molecule has 0 fully saturated rings. The number of rotatable bonds is 6. The topological polar surface area (TPSA) is 55.4 Å². The van der Waals surface area contributed by atoms with Crippen LogP contribution in [-0.4, -0.2) is 33.2 Å². The predicted octanol–water partition coefficient (Wildman–Crippen LogP) is 0.543. The molecule has 0 aromatic heterocycles. The summed E-state index contributed by atoms with van der Waals surface area (Å²) in [5, 5.41) is 2.41. The van der Waals surface area contributed by atoms with E-state index < -0.39 is 8.07 Å². The van der Waals surface area contributed by atoms with Crippen LogP contribution in [0.5, 0.6) is 0 Å². The molecular weight excluding hydrogens is 186 g/mol. The van der Waals surface area contributed by atoms with E-state index >= 15 is 0 Å². The molecule has 0 aromatic carbocycles. The van der Waals surface area contributed by atoms with Crippen molar-refractivity contribution in [1.82, 2.24) is 5.32 Å². The Hall–Kier alpha value is -0.843. The monoisotopic (exact) mass is 203 g/mol. The first-order valence-electron chi connectivity index (χ1n) is 4.28. The van der Waals surface area contributed by atoms with Gasteiger partial charge in [-0.25, -0.2) is 0 Å². The summed E-state index contributed by atoms with van der Waals surface area (Å²) >= 11 is 0. The maximum atomic E-state index is 11.0. The van der Waals surface area contributed by atoms with Gasteiger partial charge >= 0.3 is 5.97 Å². The number of ether oxygens (including phenoxy) is 1. The zero-order valence-electron chi connectivity index (χ0n) is 8.42. The van der Waals surface area contributed by atoms with Crippen molar-refractivity contribution in [1.29, 1.82) is 0 Å². The Morgan fingerprint density at radius 3 is 2.54 bits per heavy atom. The lowest BCUT2D eigenvalue weighted by atomic mass is 10.4. The molecule has 5 heteroatoms. The highest BCUT2D eigenvalue weighted by atomic mass is 28.3. The summed E-state index contributed by atoms with van der Waals surface area (Å²) in [7, 11) is -1.30. The first-order chi connectivity index (χ1) is 5.95. The molecule has 0 unspecified atom stereocenters. The van der Waals surface area contributed by atoms with Gasteiger partial charge in [-0.1, -0.05) is 19.6 Å². The molecule has 0 saturated carbocycles. The summed E-state index contributed by atoms with van der Waals surface area (Å²) in [5.74, 6) is -0.239. The van der Waals surface area contributed by atoms with Crippen LogP contribution in [0.3, 0.4) is 0 Å². The Morgan fingerprint density at radius 2 is 2.08 bits per heavy atom. The molecule has 13 heavy (non-hydrogen) atoms. The van der Waals surface area contributed by atoms with Crippen LogP contribution in [-0.2, 0) is 14.3 Å². The summed E-state index contributed by atoms with van der Waals surface area (Å²) in [6.45, 7) is 6.74. The van der Waals surface area contributed by atoms with Crippen molar-refractivity contribution >= 4 is 20.5 Å². The Morgan fingerprint density at radius 1 is 1.46 bits per heavy atom. The van der Waals surface area contributed by atoms with Gasteiger partial charge < -0.3 is 10.1 Å². The Balaban J connectivity index is 3.46. The molecule has 0 radical (unpaired) electrons. The zero-order valence-corrected chi connectivity index (χ0v) is 9.42. The number of nitrogens with one attached hydrogen (secondary N) is 1. The van der Waals surface area contributed by atoms with Gasteiger partial charge in [0.15, 0.2) is 0 Å². The molecule has 0 saturated heterocycles. The molecule has 0 bridgehead atoms. The van der Waals surface area contributed by atoms with Crippen LogP contribution < -0.4 is 5.32 Å². The smallest absolute Gasteiger partial charge is 0.307 e. The van der Waals surface area contributed by atoms with Gasteiger partial charge in [-0.05, 0) is 0 Å². The van der Waals surface area contributed by atoms with Gasteiger partial charge in [0.05, 0.1) is 20.7 Å². The van der Waals surface area contributed by atoms with E-state index in [0.29, 0.717) is 19.2 Å². The van der Waals surface area contributed by atoms with Gasteiger partial charge in [-0.3, -0.25) is 9.59 Å². The van der Waals surface area contributed by atoms with E-state index in [0.717, 1.165) is 0 Å². The summed E-state index contributed by atoms with van der Waals surface area (Å²) < 4.78 is 5.02. The first-order valence-corrected chi connectivity index (χ1v) is 7.99. The van der Waals surface area contributed by atoms with Crippen LogP contribution in [0.1, 0.15) is 6.42 Å². The molecule has 0 aromatic rings. The number of esters is 1. The lowest BCUT2D eigenvalue weighted by Gasteiger charge is -2.15. The fourth-order valence-corrected chi connectivity index (χ4v) is 1.20. The number of hydrogen-bond acceptors (Lipinski definition) is 3. The van der Waals surface area contributed by atoms with E-state index in [-0.39, 0.29) is 12.4 Å². The van der Waals surface area contributed by atoms with E-state index in [1.54, 1.807) is 0 Å². The SMILES string of the molecule is C[Si](C)(C)COC(=O)CCNC=O. The van der Waals surface area contributed by atoms with Crippen molar-refractivity contribution in [2.24, 2.45) is 0 Å².